The van der Waals surface area contributed by atoms with Crippen LogP contribution in [0.25, 0.3) is 11.1 Å². The molecule has 0 saturated carbocycles. The van der Waals surface area contributed by atoms with Gasteiger partial charge in [-0.25, -0.2) is 0 Å². The minimum Gasteiger partial charge on any atom is -0.497 e. The SMILES string of the molecule is COc1ccc(-c2ccc(OCCN)cc2OC(F)(F)F)cc1. The number of halogens is 3. The molecule has 0 atom stereocenters. The van der Waals surface area contributed by atoms with Crippen molar-refractivity contribution in [3.8, 4) is 28.4 Å². The summed E-state index contributed by atoms with van der Waals surface area (Å²) in [6, 6.07) is 10.9. The summed E-state index contributed by atoms with van der Waals surface area (Å²) in [7, 11) is 1.51. The molecule has 0 aliphatic carbocycles. The van der Waals surface area contributed by atoms with E-state index in [-0.39, 0.29) is 24.7 Å². The number of rotatable bonds is 6. The van der Waals surface area contributed by atoms with Crippen LogP contribution >= 0.6 is 0 Å². The Labute approximate surface area is 131 Å². The Morgan fingerprint density at radius 3 is 2.22 bits per heavy atom. The van der Waals surface area contributed by atoms with Crippen molar-refractivity contribution in [1.82, 2.24) is 0 Å². The van der Waals surface area contributed by atoms with Crippen molar-refractivity contribution in [3.63, 3.8) is 0 Å². The summed E-state index contributed by atoms with van der Waals surface area (Å²) < 4.78 is 52.3. The summed E-state index contributed by atoms with van der Waals surface area (Å²) >= 11 is 0. The molecule has 0 heterocycles. The molecule has 4 nitrogen and oxygen atoms in total. The molecule has 0 unspecified atom stereocenters. The van der Waals surface area contributed by atoms with Crippen molar-refractivity contribution in [2.24, 2.45) is 5.73 Å². The fraction of sp³-hybridized carbons (Fsp3) is 0.250. The number of hydrogen-bond donors (Lipinski definition) is 1. The summed E-state index contributed by atoms with van der Waals surface area (Å²) in [5.41, 5.74) is 6.18. The highest BCUT2D eigenvalue weighted by atomic mass is 19.4. The lowest BCUT2D eigenvalue weighted by atomic mass is 10.0. The molecule has 0 aliphatic rings. The van der Waals surface area contributed by atoms with Gasteiger partial charge in [-0.15, -0.1) is 13.2 Å². The third kappa shape index (κ3) is 4.79. The maximum absolute atomic E-state index is 12.6. The fourth-order valence-electron chi connectivity index (χ4n) is 1.99. The Balaban J connectivity index is 2.39. The maximum Gasteiger partial charge on any atom is 0.573 e. The van der Waals surface area contributed by atoms with Crippen LogP contribution in [0.1, 0.15) is 0 Å². The van der Waals surface area contributed by atoms with E-state index in [4.69, 9.17) is 15.2 Å². The molecule has 0 bridgehead atoms. The first-order chi connectivity index (χ1) is 10.9. The second kappa shape index (κ2) is 7.23. The summed E-state index contributed by atoms with van der Waals surface area (Å²) in [6.07, 6.45) is -4.80. The Morgan fingerprint density at radius 2 is 1.65 bits per heavy atom. The average Bonchev–Trinajstić information content (AvgIpc) is 2.52. The van der Waals surface area contributed by atoms with Gasteiger partial charge in [0, 0.05) is 18.2 Å². The second-order valence-electron chi connectivity index (χ2n) is 4.57. The van der Waals surface area contributed by atoms with Crippen LogP contribution in [0.2, 0.25) is 0 Å². The lowest BCUT2D eigenvalue weighted by Gasteiger charge is -2.15. The molecular formula is C16H16F3NO3. The van der Waals surface area contributed by atoms with Gasteiger partial charge in [-0.2, -0.15) is 0 Å². The van der Waals surface area contributed by atoms with Gasteiger partial charge in [0.2, 0.25) is 0 Å². The van der Waals surface area contributed by atoms with Gasteiger partial charge in [0.25, 0.3) is 0 Å². The van der Waals surface area contributed by atoms with E-state index in [0.29, 0.717) is 16.9 Å². The van der Waals surface area contributed by atoms with E-state index in [1.807, 2.05) is 0 Å². The zero-order valence-corrected chi connectivity index (χ0v) is 12.4. The first kappa shape index (κ1) is 17.0. The van der Waals surface area contributed by atoms with Crippen molar-refractivity contribution >= 4 is 0 Å². The van der Waals surface area contributed by atoms with Gasteiger partial charge in [0.1, 0.15) is 23.9 Å². The maximum atomic E-state index is 12.6. The van der Waals surface area contributed by atoms with Crippen LogP contribution in [-0.2, 0) is 0 Å². The third-order valence-electron chi connectivity index (χ3n) is 2.97. The number of ether oxygens (including phenoxy) is 3. The molecule has 2 aromatic rings. The zero-order chi connectivity index (χ0) is 16.9. The van der Waals surface area contributed by atoms with E-state index in [1.54, 1.807) is 30.3 Å². The number of methoxy groups -OCH3 is 1. The third-order valence-corrected chi connectivity index (χ3v) is 2.97. The number of nitrogens with two attached hydrogens (primary N) is 1. The summed E-state index contributed by atoms with van der Waals surface area (Å²) in [5, 5.41) is 0. The standard InChI is InChI=1S/C16H16F3NO3/c1-21-12-4-2-11(3-5-12)14-7-6-13(22-9-8-20)10-15(14)23-16(17,18)19/h2-7,10H,8-9,20H2,1H3. The highest BCUT2D eigenvalue weighted by Gasteiger charge is 2.32. The first-order valence-electron chi connectivity index (χ1n) is 6.80. The van der Waals surface area contributed by atoms with Gasteiger partial charge < -0.3 is 19.9 Å². The van der Waals surface area contributed by atoms with Crippen LogP contribution in [0.3, 0.4) is 0 Å². The fourth-order valence-corrected chi connectivity index (χ4v) is 1.99. The van der Waals surface area contributed by atoms with E-state index in [0.717, 1.165) is 0 Å². The number of benzene rings is 2. The highest BCUT2D eigenvalue weighted by Crippen LogP contribution is 2.37. The van der Waals surface area contributed by atoms with Crippen LogP contribution < -0.4 is 19.9 Å². The van der Waals surface area contributed by atoms with Crippen molar-refractivity contribution in [3.05, 3.63) is 42.5 Å². The van der Waals surface area contributed by atoms with Crippen LogP contribution in [0.4, 0.5) is 13.2 Å². The quantitative estimate of drug-likeness (QED) is 0.881. The topological polar surface area (TPSA) is 53.7 Å². The molecule has 2 rings (SSSR count). The van der Waals surface area contributed by atoms with Crippen molar-refractivity contribution < 1.29 is 27.4 Å². The first-order valence-corrected chi connectivity index (χ1v) is 6.80. The van der Waals surface area contributed by atoms with Crippen molar-refractivity contribution in [1.29, 1.82) is 0 Å². The predicted molar refractivity (Wildman–Crippen MR) is 79.7 cm³/mol. The molecular weight excluding hydrogens is 311 g/mol. The summed E-state index contributed by atoms with van der Waals surface area (Å²) in [4.78, 5) is 0. The number of alkyl halides is 3. The molecule has 0 radical (unpaired) electrons. The van der Waals surface area contributed by atoms with Crippen LogP contribution in [-0.4, -0.2) is 26.6 Å². The van der Waals surface area contributed by atoms with E-state index >= 15 is 0 Å². The van der Waals surface area contributed by atoms with E-state index in [1.165, 1.54) is 19.2 Å². The van der Waals surface area contributed by atoms with Crippen molar-refractivity contribution in [2.45, 2.75) is 6.36 Å². The Bertz CT molecular complexity index is 642. The molecule has 2 aromatic carbocycles. The minimum atomic E-state index is -4.80. The van der Waals surface area contributed by atoms with Gasteiger partial charge >= 0.3 is 6.36 Å². The molecule has 124 valence electrons. The molecule has 0 spiro atoms. The monoisotopic (exact) mass is 327 g/mol. The lowest BCUT2D eigenvalue weighted by Crippen LogP contribution is -2.18. The van der Waals surface area contributed by atoms with Crippen molar-refractivity contribution in [2.75, 3.05) is 20.3 Å². The van der Waals surface area contributed by atoms with Gasteiger partial charge in [0.05, 0.1) is 7.11 Å². The number of hydrogen-bond acceptors (Lipinski definition) is 4. The summed E-state index contributed by atoms with van der Waals surface area (Å²) in [6.45, 7) is 0.461. The van der Waals surface area contributed by atoms with E-state index in [9.17, 15) is 13.2 Å². The van der Waals surface area contributed by atoms with Crippen LogP contribution in [0.15, 0.2) is 42.5 Å². The van der Waals surface area contributed by atoms with E-state index < -0.39 is 6.36 Å². The molecule has 0 aliphatic heterocycles. The Kier molecular flexibility index (Phi) is 5.33. The van der Waals surface area contributed by atoms with Gasteiger partial charge in [0.15, 0.2) is 0 Å². The molecule has 0 aromatic heterocycles. The largest absolute Gasteiger partial charge is 0.573 e. The Hall–Kier alpha value is -2.41. The lowest BCUT2D eigenvalue weighted by molar-refractivity contribution is -0.274. The molecule has 0 fully saturated rings. The van der Waals surface area contributed by atoms with Crippen LogP contribution in [0.5, 0.6) is 17.2 Å². The molecule has 23 heavy (non-hydrogen) atoms. The predicted octanol–water partition coefficient (Wildman–Crippen LogP) is 3.60. The minimum absolute atomic E-state index is 0.202. The highest BCUT2D eigenvalue weighted by molar-refractivity contribution is 5.72. The van der Waals surface area contributed by atoms with Gasteiger partial charge in [-0.3, -0.25) is 0 Å². The molecule has 0 amide bonds. The zero-order valence-electron chi connectivity index (χ0n) is 12.4. The summed E-state index contributed by atoms with van der Waals surface area (Å²) in [5.74, 6) is 0.527. The molecule has 2 N–H and O–H groups in total. The van der Waals surface area contributed by atoms with E-state index in [2.05, 4.69) is 4.74 Å². The normalized spacial score (nSPS) is 11.2. The van der Waals surface area contributed by atoms with Crippen LogP contribution in [0, 0.1) is 0 Å². The molecule has 0 saturated heterocycles. The molecule has 7 heteroatoms. The van der Waals surface area contributed by atoms with Gasteiger partial charge in [-0.05, 0) is 29.8 Å². The smallest absolute Gasteiger partial charge is 0.497 e. The Morgan fingerprint density at radius 1 is 1.00 bits per heavy atom. The second-order valence-corrected chi connectivity index (χ2v) is 4.57. The average molecular weight is 327 g/mol. The van der Waals surface area contributed by atoms with Gasteiger partial charge in [-0.1, -0.05) is 12.1 Å².